The number of methoxy groups -OCH3 is 2. The van der Waals surface area contributed by atoms with Crippen molar-refractivity contribution in [2.45, 2.75) is 0 Å². The van der Waals surface area contributed by atoms with E-state index < -0.39 is 18.1 Å². The van der Waals surface area contributed by atoms with Crippen molar-refractivity contribution in [1.29, 1.82) is 0 Å². The van der Waals surface area contributed by atoms with Gasteiger partial charge in [-0.3, -0.25) is 9.59 Å². The lowest BCUT2D eigenvalue weighted by atomic mass is 10.2. The third-order valence-corrected chi connectivity index (χ3v) is 5.87. The highest BCUT2D eigenvalue weighted by molar-refractivity contribution is 6.31. The number of hydrogen-bond acceptors (Lipinski definition) is 8. The molecule has 0 aliphatic rings. The van der Waals surface area contributed by atoms with E-state index in [1.54, 1.807) is 61.7 Å². The molecule has 5 aromatic rings. The van der Waals surface area contributed by atoms with Crippen molar-refractivity contribution in [3.8, 4) is 28.8 Å². The molecule has 0 radical (unpaired) electrons. The predicted molar refractivity (Wildman–Crippen MR) is 143 cm³/mol. The fourth-order valence-corrected chi connectivity index (χ4v) is 4.18. The van der Waals surface area contributed by atoms with Crippen LogP contribution in [0.3, 0.4) is 0 Å². The third-order valence-electron chi connectivity index (χ3n) is 5.65. The first-order valence-corrected chi connectivity index (χ1v) is 11.7. The SMILES string of the molecule is COc1cc(Cl)cc(C=Nn2c(-c3cc4c(OC)cccc4o3)nc3ccccc3c2=O)c1OCC(N)=O. The van der Waals surface area contributed by atoms with Crippen LogP contribution in [0.4, 0.5) is 0 Å². The molecule has 2 aromatic heterocycles. The minimum absolute atomic E-state index is 0.164. The van der Waals surface area contributed by atoms with Gasteiger partial charge in [-0.15, -0.1) is 0 Å². The van der Waals surface area contributed by atoms with Crippen molar-refractivity contribution in [1.82, 2.24) is 9.66 Å². The summed E-state index contributed by atoms with van der Waals surface area (Å²) in [6, 6.07) is 17.1. The molecule has 0 saturated heterocycles. The summed E-state index contributed by atoms with van der Waals surface area (Å²) in [5.41, 5.74) is 6.19. The van der Waals surface area contributed by atoms with Crippen LogP contribution in [0.15, 0.2) is 75.0 Å². The van der Waals surface area contributed by atoms with Gasteiger partial charge >= 0.3 is 0 Å². The molecule has 38 heavy (non-hydrogen) atoms. The summed E-state index contributed by atoms with van der Waals surface area (Å²) in [5, 5.41) is 5.83. The highest BCUT2D eigenvalue weighted by atomic mass is 35.5. The summed E-state index contributed by atoms with van der Waals surface area (Å²) < 4.78 is 23.5. The van der Waals surface area contributed by atoms with E-state index in [9.17, 15) is 9.59 Å². The van der Waals surface area contributed by atoms with Crippen LogP contribution in [-0.4, -0.2) is 42.6 Å². The number of nitrogens with zero attached hydrogens (tertiary/aromatic N) is 3. The van der Waals surface area contributed by atoms with E-state index in [0.717, 1.165) is 4.68 Å². The molecule has 0 unspecified atom stereocenters. The van der Waals surface area contributed by atoms with Crippen LogP contribution in [0.25, 0.3) is 33.5 Å². The lowest BCUT2D eigenvalue weighted by Crippen LogP contribution is -2.21. The second-order valence-corrected chi connectivity index (χ2v) is 8.51. The fraction of sp³-hybridized carbons (Fsp3) is 0.111. The molecule has 0 bridgehead atoms. The van der Waals surface area contributed by atoms with Crippen molar-refractivity contribution in [2.75, 3.05) is 20.8 Å². The van der Waals surface area contributed by atoms with Gasteiger partial charge in [-0.05, 0) is 36.4 Å². The van der Waals surface area contributed by atoms with Gasteiger partial charge in [-0.1, -0.05) is 29.8 Å². The average Bonchev–Trinajstić information content (AvgIpc) is 3.36. The Labute approximate surface area is 220 Å². The molecule has 0 spiro atoms. The van der Waals surface area contributed by atoms with E-state index in [1.807, 2.05) is 0 Å². The molecule has 192 valence electrons. The van der Waals surface area contributed by atoms with Gasteiger partial charge in [-0.2, -0.15) is 9.78 Å². The first-order valence-electron chi connectivity index (χ1n) is 11.3. The molecule has 2 N–H and O–H groups in total. The van der Waals surface area contributed by atoms with E-state index in [0.29, 0.717) is 44.0 Å². The third kappa shape index (κ3) is 4.64. The number of rotatable bonds is 8. The number of carbonyl (C=O) groups is 1. The molecule has 0 aliphatic carbocycles. The quantitative estimate of drug-likeness (QED) is 0.296. The Morgan fingerprint density at radius 3 is 2.63 bits per heavy atom. The molecule has 0 saturated carbocycles. The first-order chi connectivity index (χ1) is 18.4. The van der Waals surface area contributed by atoms with Crippen LogP contribution in [-0.2, 0) is 4.79 Å². The van der Waals surface area contributed by atoms with Crippen molar-refractivity contribution < 1.29 is 23.4 Å². The van der Waals surface area contributed by atoms with E-state index in [2.05, 4.69) is 10.1 Å². The summed E-state index contributed by atoms with van der Waals surface area (Å²) in [7, 11) is 2.99. The summed E-state index contributed by atoms with van der Waals surface area (Å²) in [6.07, 6.45) is 1.36. The Hall–Kier alpha value is -4.83. The molecule has 1 amide bonds. The van der Waals surface area contributed by atoms with Crippen LogP contribution < -0.4 is 25.5 Å². The second-order valence-electron chi connectivity index (χ2n) is 8.08. The second kappa shape index (κ2) is 10.3. The van der Waals surface area contributed by atoms with E-state index in [-0.39, 0.29) is 17.3 Å². The number of primary amides is 1. The van der Waals surface area contributed by atoms with Gasteiger partial charge in [0.15, 0.2) is 23.9 Å². The van der Waals surface area contributed by atoms with Crippen LogP contribution >= 0.6 is 11.6 Å². The Morgan fingerprint density at radius 2 is 1.87 bits per heavy atom. The van der Waals surface area contributed by atoms with Gasteiger partial charge in [0.25, 0.3) is 11.5 Å². The maximum absolute atomic E-state index is 13.6. The maximum atomic E-state index is 13.6. The first kappa shape index (κ1) is 24.8. The minimum atomic E-state index is -0.678. The summed E-state index contributed by atoms with van der Waals surface area (Å²) >= 11 is 6.26. The Morgan fingerprint density at radius 1 is 1.08 bits per heavy atom. The molecular formula is C27H21ClN4O6. The minimum Gasteiger partial charge on any atom is -0.496 e. The molecule has 0 atom stereocenters. The maximum Gasteiger partial charge on any atom is 0.282 e. The van der Waals surface area contributed by atoms with Crippen LogP contribution in [0.2, 0.25) is 5.02 Å². The lowest BCUT2D eigenvalue weighted by molar-refractivity contribution is -0.119. The number of aromatic nitrogens is 2. The molecule has 5 rings (SSSR count). The topological polar surface area (TPSA) is 131 Å². The van der Waals surface area contributed by atoms with Gasteiger partial charge in [0.2, 0.25) is 5.82 Å². The largest absolute Gasteiger partial charge is 0.496 e. The molecular weight excluding hydrogens is 512 g/mol. The number of fused-ring (bicyclic) bond motifs is 2. The van der Waals surface area contributed by atoms with Gasteiger partial charge in [-0.25, -0.2) is 4.98 Å². The smallest absolute Gasteiger partial charge is 0.282 e. The number of para-hydroxylation sites is 1. The summed E-state index contributed by atoms with van der Waals surface area (Å²) in [5.74, 6) is 0.834. The highest BCUT2D eigenvalue weighted by Gasteiger charge is 2.19. The number of carbonyl (C=O) groups excluding carboxylic acids is 1. The molecule has 11 heteroatoms. The van der Waals surface area contributed by atoms with Gasteiger partial charge in [0.1, 0.15) is 11.3 Å². The van der Waals surface area contributed by atoms with Crippen LogP contribution in [0.1, 0.15) is 5.56 Å². The molecule has 0 fully saturated rings. The van der Waals surface area contributed by atoms with Crippen LogP contribution in [0.5, 0.6) is 17.2 Å². The van der Waals surface area contributed by atoms with Crippen molar-refractivity contribution in [3.63, 3.8) is 0 Å². The van der Waals surface area contributed by atoms with E-state index in [4.69, 9.17) is 36.0 Å². The zero-order valence-electron chi connectivity index (χ0n) is 20.3. The fourth-order valence-electron chi connectivity index (χ4n) is 3.97. The number of amides is 1. The Balaban J connectivity index is 1.71. The molecule has 0 aliphatic heterocycles. The normalized spacial score (nSPS) is 11.3. The van der Waals surface area contributed by atoms with Gasteiger partial charge in [0.05, 0.1) is 36.7 Å². The average molecular weight is 533 g/mol. The van der Waals surface area contributed by atoms with E-state index in [1.165, 1.54) is 19.4 Å². The Bertz CT molecular complexity index is 1780. The van der Waals surface area contributed by atoms with E-state index >= 15 is 0 Å². The number of nitrogens with two attached hydrogens (primary N) is 1. The zero-order valence-corrected chi connectivity index (χ0v) is 21.1. The summed E-state index contributed by atoms with van der Waals surface area (Å²) in [4.78, 5) is 29.6. The van der Waals surface area contributed by atoms with Crippen LogP contribution in [0, 0.1) is 0 Å². The molecule has 3 aromatic carbocycles. The number of benzene rings is 3. The van der Waals surface area contributed by atoms with Gasteiger partial charge in [0, 0.05) is 16.7 Å². The number of hydrogen-bond donors (Lipinski definition) is 1. The monoisotopic (exact) mass is 532 g/mol. The molecule has 2 heterocycles. The van der Waals surface area contributed by atoms with Crippen molar-refractivity contribution >= 4 is 45.6 Å². The molecule has 10 nitrogen and oxygen atoms in total. The Kier molecular flexibility index (Phi) is 6.71. The van der Waals surface area contributed by atoms with Gasteiger partial charge < -0.3 is 24.4 Å². The number of halogens is 1. The van der Waals surface area contributed by atoms with Crippen molar-refractivity contribution in [3.05, 3.63) is 81.6 Å². The predicted octanol–water partition coefficient (Wildman–Crippen LogP) is 4.23. The standard InChI is InChI=1S/C27H21ClN4O6/c1-35-20-8-5-9-21-18(20)12-23(38-21)26-31-19-7-4-3-6-17(19)27(34)32(26)30-13-15-10-16(28)11-22(36-2)25(15)37-14-24(29)33/h3-13H,14H2,1-2H3,(H2,29,33). The summed E-state index contributed by atoms with van der Waals surface area (Å²) in [6.45, 7) is -0.400. The zero-order chi connectivity index (χ0) is 26.8. The number of furan rings is 1. The lowest BCUT2D eigenvalue weighted by Gasteiger charge is -2.13. The number of ether oxygens (including phenoxy) is 3. The van der Waals surface area contributed by atoms with Crippen molar-refractivity contribution in [2.24, 2.45) is 10.8 Å². The highest BCUT2D eigenvalue weighted by Crippen LogP contribution is 2.35.